The van der Waals surface area contributed by atoms with E-state index in [-0.39, 0.29) is 0 Å². The van der Waals surface area contributed by atoms with Crippen LogP contribution in [0.3, 0.4) is 0 Å². The molecule has 0 unspecified atom stereocenters. The highest BCUT2D eigenvalue weighted by atomic mass is 16.5. The second kappa shape index (κ2) is 6.47. The summed E-state index contributed by atoms with van der Waals surface area (Å²) in [7, 11) is 1.91. The maximum Gasteiger partial charge on any atom is 0.347 e. The zero-order valence-electron chi connectivity index (χ0n) is 14.4. The molecule has 6 heteroatoms. The number of carbonyl (C=O) groups is 1. The molecule has 25 heavy (non-hydrogen) atoms. The molecule has 0 aliphatic heterocycles. The Balaban J connectivity index is 1.69. The highest BCUT2D eigenvalue weighted by molar-refractivity contribution is 5.76. The molecule has 0 saturated carbocycles. The number of hydrogen-bond donors (Lipinski definition) is 1. The molecule has 1 heterocycles. The van der Waals surface area contributed by atoms with Gasteiger partial charge in [0.1, 0.15) is 11.3 Å². The van der Waals surface area contributed by atoms with E-state index in [1.54, 1.807) is 12.1 Å². The third-order valence-electron chi connectivity index (χ3n) is 3.84. The van der Waals surface area contributed by atoms with E-state index in [4.69, 9.17) is 14.3 Å². The van der Waals surface area contributed by atoms with Crippen molar-refractivity contribution in [1.82, 2.24) is 4.98 Å². The highest BCUT2D eigenvalue weighted by Gasteiger charge is 2.29. The number of para-hydroxylation sites is 2. The zero-order chi connectivity index (χ0) is 18.0. The van der Waals surface area contributed by atoms with Crippen molar-refractivity contribution in [3.8, 4) is 5.75 Å². The van der Waals surface area contributed by atoms with Crippen molar-refractivity contribution >= 4 is 23.1 Å². The molecule has 0 spiro atoms. The first-order valence-electron chi connectivity index (χ1n) is 7.93. The van der Waals surface area contributed by atoms with Crippen molar-refractivity contribution in [3.05, 3.63) is 54.1 Å². The number of aromatic nitrogens is 1. The van der Waals surface area contributed by atoms with Gasteiger partial charge in [-0.1, -0.05) is 24.3 Å². The third-order valence-corrected chi connectivity index (χ3v) is 3.84. The summed E-state index contributed by atoms with van der Waals surface area (Å²) < 4.78 is 11.2. The average molecular weight is 340 g/mol. The van der Waals surface area contributed by atoms with Crippen LogP contribution in [0.25, 0.3) is 11.1 Å². The van der Waals surface area contributed by atoms with Crippen LogP contribution < -0.4 is 9.64 Å². The fraction of sp³-hybridized carbons (Fsp3) is 0.263. The van der Waals surface area contributed by atoms with Gasteiger partial charge in [0.2, 0.25) is 0 Å². The van der Waals surface area contributed by atoms with Crippen LogP contribution in [-0.4, -0.2) is 28.7 Å². The minimum Gasteiger partial charge on any atom is -0.478 e. The normalized spacial score (nSPS) is 11.5. The van der Waals surface area contributed by atoms with E-state index in [1.165, 1.54) is 13.8 Å². The predicted molar refractivity (Wildman–Crippen MR) is 94.9 cm³/mol. The Bertz CT molecular complexity index is 851. The molecular formula is C19H20N2O4. The number of hydrogen-bond acceptors (Lipinski definition) is 5. The topological polar surface area (TPSA) is 75.8 Å². The van der Waals surface area contributed by atoms with Gasteiger partial charge in [-0.3, -0.25) is 0 Å². The monoisotopic (exact) mass is 340 g/mol. The lowest BCUT2D eigenvalue weighted by molar-refractivity contribution is -0.152. The number of rotatable bonds is 6. The Morgan fingerprint density at radius 2 is 1.88 bits per heavy atom. The van der Waals surface area contributed by atoms with Gasteiger partial charge in [-0.25, -0.2) is 4.79 Å². The van der Waals surface area contributed by atoms with Crippen molar-refractivity contribution in [2.24, 2.45) is 0 Å². The van der Waals surface area contributed by atoms with Crippen LogP contribution in [0.1, 0.15) is 19.4 Å². The largest absolute Gasteiger partial charge is 0.478 e. The Labute approximate surface area is 145 Å². The van der Waals surface area contributed by atoms with Gasteiger partial charge in [-0.05, 0) is 43.7 Å². The van der Waals surface area contributed by atoms with E-state index in [9.17, 15) is 4.79 Å². The van der Waals surface area contributed by atoms with Crippen LogP contribution in [0, 0.1) is 0 Å². The van der Waals surface area contributed by atoms with Crippen LogP contribution in [0.2, 0.25) is 0 Å². The summed E-state index contributed by atoms with van der Waals surface area (Å²) in [6.07, 6.45) is 0. The third kappa shape index (κ3) is 3.74. The molecule has 0 aliphatic rings. The Kier molecular flexibility index (Phi) is 4.35. The Morgan fingerprint density at radius 1 is 1.20 bits per heavy atom. The number of aliphatic carboxylic acids is 1. The molecule has 0 aliphatic carbocycles. The molecule has 130 valence electrons. The molecule has 0 fully saturated rings. The number of nitrogens with zero attached hydrogens (tertiary/aromatic N) is 2. The van der Waals surface area contributed by atoms with Gasteiger partial charge >= 0.3 is 5.97 Å². The van der Waals surface area contributed by atoms with Gasteiger partial charge in [-0.2, -0.15) is 4.98 Å². The molecule has 0 atom stereocenters. The molecule has 1 aromatic heterocycles. The molecule has 0 radical (unpaired) electrons. The van der Waals surface area contributed by atoms with Gasteiger partial charge in [0.15, 0.2) is 11.2 Å². The Hall–Kier alpha value is -3.02. The zero-order valence-corrected chi connectivity index (χ0v) is 14.4. The highest BCUT2D eigenvalue weighted by Crippen LogP contribution is 2.23. The van der Waals surface area contributed by atoms with Crippen molar-refractivity contribution < 1.29 is 19.1 Å². The van der Waals surface area contributed by atoms with E-state index in [1.807, 2.05) is 48.3 Å². The van der Waals surface area contributed by atoms with E-state index in [2.05, 4.69) is 4.98 Å². The van der Waals surface area contributed by atoms with E-state index in [0.717, 1.165) is 16.7 Å². The van der Waals surface area contributed by atoms with Crippen molar-refractivity contribution in [2.45, 2.75) is 26.0 Å². The molecule has 3 rings (SSSR count). The fourth-order valence-electron chi connectivity index (χ4n) is 2.37. The van der Waals surface area contributed by atoms with Gasteiger partial charge in [0.05, 0.1) is 0 Å². The number of fused-ring (bicyclic) bond motifs is 1. The lowest BCUT2D eigenvalue weighted by Crippen LogP contribution is -2.37. The lowest BCUT2D eigenvalue weighted by atomic mass is 10.1. The van der Waals surface area contributed by atoms with Crippen LogP contribution in [-0.2, 0) is 11.3 Å². The fourth-order valence-corrected chi connectivity index (χ4v) is 2.37. The van der Waals surface area contributed by atoms with Crippen molar-refractivity contribution in [1.29, 1.82) is 0 Å². The first kappa shape index (κ1) is 16.8. The molecule has 0 saturated heterocycles. The van der Waals surface area contributed by atoms with E-state index >= 15 is 0 Å². The summed E-state index contributed by atoms with van der Waals surface area (Å²) in [6.45, 7) is 3.64. The first-order chi connectivity index (χ1) is 11.8. The number of carboxylic acids is 1. The molecule has 2 aromatic carbocycles. The van der Waals surface area contributed by atoms with Gasteiger partial charge in [0.25, 0.3) is 6.01 Å². The second-order valence-corrected chi connectivity index (χ2v) is 6.38. The van der Waals surface area contributed by atoms with E-state index in [0.29, 0.717) is 18.3 Å². The van der Waals surface area contributed by atoms with Crippen molar-refractivity contribution in [2.75, 3.05) is 11.9 Å². The summed E-state index contributed by atoms with van der Waals surface area (Å²) >= 11 is 0. The number of anilines is 1. The summed E-state index contributed by atoms with van der Waals surface area (Å²) in [5, 5.41) is 9.11. The molecule has 3 aromatic rings. The first-order valence-corrected chi connectivity index (χ1v) is 7.93. The average Bonchev–Trinajstić information content (AvgIpc) is 3.00. The summed E-state index contributed by atoms with van der Waals surface area (Å²) in [4.78, 5) is 17.5. The number of benzene rings is 2. The standard InChI is InChI=1S/C19H20N2O4/c1-19(2,17(22)23)25-14-10-8-13(9-11-14)12-21(3)18-20-15-6-4-5-7-16(15)24-18/h4-11H,12H2,1-3H3,(H,22,23). The second-order valence-electron chi connectivity index (χ2n) is 6.38. The number of carboxylic acid groups (broad SMARTS) is 1. The SMILES string of the molecule is CN(Cc1ccc(OC(C)(C)C(=O)O)cc1)c1nc2ccccc2o1. The number of ether oxygens (including phenoxy) is 1. The van der Waals surface area contributed by atoms with Crippen LogP contribution in [0.15, 0.2) is 52.9 Å². The summed E-state index contributed by atoms with van der Waals surface area (Å²) in [5.41, 5.74) is 1.34. The van der Waals surface area contributed by atoms with Gasteiger partial charge < -0.3 is 19.2 Å². The van der Waals surface area contributed by atoms with Crippen molar-refractivity contribution in [3.63, 3.8) is 0 Å². The maximum absolute atomic E-state index is 11.1. The minimum atomic E-state index is -1.27. The molecular weight excluding hydrogens is 320 g/mol. The van der Waals surface area contributed by atoms with Crippen LogP contribution in [0.4, 0.5) is 6.01 Å². The molecule has 1 N–H and O–H groups in total. The molecule has 0 amide bonds. The smallest absolute Gasteiger partial charge is 0.347 e. The summed E-state index contributed by atoms with van der Waals surface area (Å²) in [5.74, 6) is -0.493. The van der Waals surface area contributed by atoms with E-state index < -0.39 is 11.6 Å². The quantitative estimate of drug-likeness (QED) is 0.737. The van der Waals surface area contributed by atoms with Crippen LogP contribution in [0.5, 0.6) is 5.75 Å². The van der Waals surface area contributed by atoms with Gasteiger partial charge in [0, 0.05) is 13.6 Å². The minimum absolute atomic E-state index is 0.515. The summed E-state index contributed by atoms with van der Waals surface area (Å²) in [6, 6.07) is 15.5. The molecule has 6 nitrogen and oxygen atoms in total. The lowest BCUT2D eigenvalue weighted by Gasteiger charge is -2.21. The van der Waals surface area contributed by atoms with Gasteiger partial charge in [-0.15, -0.1) is 0 Å². The molecule has 0 bridgehead atoms. The number of oxazole rings is 1. The predicted octanol–water partition coefficient (Wildman–Crippen LogP) is 3.71. The Morgan fingerprint density at radius 3 is 2.52 bits per heavy atom. The van der Waals surface area contributed by atoms with Crippen LogP contribution >= 0.6 is 0 Å². The maximum atomic E-state index is 11.1.